The minimum Gasteiger partial charge on any atom is -0.384 e. The van der Waals surface area contributed by atoms with Crippen LogP contribution in [0.5, 0.6) is 0 Å². The molecule has 2 rings (SSSR count). The monoisotopic (exact) mass is 277 g/mol. The average molecular weight is 277 g/mol. The largest absolute Gasteiger partial charge is 0.384 e. The highest BCUT2D eigenvalue weighted by Gasteiger charge is 2.33. The van der Waals surface area contributed by atoms with Crippen molar-refractivity contribution >= 4 is 17.2 Å². The van der Waals surface area contributed by atoms with Gasteiger partial charge in [0.1, 0.15) is 6.61 Å². The van der Waals surface area contributed by atoms with Crippen molar-refractivity contribution in [2.75, 3.05) is 13.2 Å². The molecule has 3 nitrogen and oxygen atoms in total. The maximum Gasteiger partial charge on any atom is 0.264 e. The highest BCUT2D eigenvalue weighted by atomic mass is 32.1. The summed E-state index contributed by atoms with van der Waals surface area (Å²) in [5.74, 6) is 6.05. The second-order valence-electron chi connectivity index (χ2n) is 5.21. The topological polar surface area (TPSA) is 40.5 Å². The zero-order valence-corrected chi connectivity index (χ0v) is 12.2. The predicted molar refractivity (Wildman–Crippen MR) is 77.2 cm³/mol. The Morgan fingerprint density at radius 1 is 1.53 bits per heavy atom. The Morgan fingerprint density at radius 2 is 2.26 bits per heavy atom. The van der Waals surface area contributed by atoms with E-state index in [9.17, 15) is 4.79 Å². The molecule has 0 bridgehead atoms. The van der Waals surface area contributed by atoms with Crippen LogP contribution in [0.25, 0.3) is 0 Å². The molecule has 1 saturated carbocycles. The van der Waals surface area contributed by atoms with Gasteiger partial charge in [-0.3, -0.25) is 4.79 Å². The molecule has 1 fully saturated rings. The molecule has 0 aromatic carbocycles. The summed E-state index contributed by atoms with van der Waals surface area (Å²) in [6.45, 7) is 4.94. The van der Waals surface area contributed by atoms with Gasteiger partial charge in [0.15, 0.2) is 0 Å². The summed E-state index contributed by atoms with van der Waals surface area (Å²) in [5, 5.41) is 8.67. The summed E-state index contributed by atoms with van der Waals surface area (Å²) in [4.78, 5) is 16.1. The molecule has 1 heterocycles. The second kappa shape index (κ2) is 6.23. The van der Waals surface area contributed by atoms with E-state index in [-0.39, 0.29) is 12.5 Å². The molecular formula is C15H19NO2S. The molecule has 1 aromatic heterocycles. The number of aliphatic hydroxyl groups is 1. The minimum atomic E-state index is -0.150. The number of hydrogen-bond acceptors (Lipinski definition) is 3. The van der Waals surface area contributed by atoms with Gasteiger partial charge in [0.25, 0.3) is 5.91 Å². The van der Waals surface area contributed by atoms with Crippen molar-refractivity contribution in [3.8, 4) is 11.8 Å². The molecule has 0 spiro atoms. The Morgan fingerprint density at radius 3 is 2.84 bits per heavy atom. The van der Waals surface area contributed by atoms with Crippen LogP contribution in [0.2, 0.25) is 0 Å². The first kappa shape index (κ1) is 14.1. The first-order chi connectivity index (χ1) is 9.11. The first-order valence-electron chi connectivity index (χ1n) is 6.62. The van der Waals surface area contributed by atoms with E-state index in [1.54, 1.807) is 0 Å². The van der Waals surface area contributed by atoms with Gasteiger partial charge >= 0.3 is 0 Å². The summed E-state index contributed by atoms with van der Waals surface area (Å²) < 4.78 is 0. The van der Waals surface area contributed by atoms with Crippen LogP contribution < -0.4 is 0 Å². The summed E-state index contributed by atoms with van der Waals surface area (Å²) >= 11 is 1.41. The van der Waals surface area contributed by atoms with Gasteiger partial charge in [-0.25, -0.2) is 0 Å². The van der Waals surface area contributed by atoms with Crippen molar-refractivity contribution in [1.29, 1.82) is 0 Å². The van der Waals surface area contributed by atoms with Crippen LogP contribution in [0.3, 0.4) is 0 Å². The zero-order valence-electron chi connectivity index (χ0n) is 11.3. The standard InChI is InChI=1S/C15H19NO2S/c1-11(2)10-16(12-5-6-12)15(18)14-8-7-13(19-14)4-3-9-17/h7-8,11-12,17H,5-6,9-10H2,1-2H3. The maximum absolute atomic E-state index is 12.5. The molecule has 4 heteroatoms. The van der Waals surface area contributed by atoms with Crippen molar-refractivity contribution in [3.05, 3.63) is 21.9 Å². The zero-order chi connectivity index (χ0) is 13.8. The van der Waals surface area contributed by atoms with Crippen LogP contribution in [-0.4, -0.2) is 35.1 Å². The van der Waals surface area contributed by atoms with E-state index < -0.39 is 0 Å². The number of thiophene rings is 1. The van der Waals surface area contributed by atoms with Gasteiger partial charge in [-0.1, -0.05) is 25.7 Å². The van der Waals surface area contributed by atoms with Gasteiger partial charge in [-0.2, -0.15) is 0 Å². The van der Waals surface area contributed by atoms with Crippen molar-refractivity contribution in [3.63, 3.8) is 0 Å². The van der Waals surface area contributed by atoms with Crippen molar-refractivity contribution in [2.24, 2.45) is 5.92 Å². The van der Waals surface area contributed by atoms with E-state index >= 15 is 0 Å². The number of rotatable bonds is 4. The number of carbonyl (C=O) groups is 1. The Kier molecular flexibility index (Phi) is 4.62. The fourth-order valence-electron chi connectivity index (χ4n) is 1.97. The van der Waals surface area contributed by atoms with E-state index in [1.807, 2.05) is 17.0 Å². The SMILES string of the molecule is CC(C)CN(C(=O)c1ccc(C#CCO)s1)C1CC1. The van der Waals surface area contributed by atoms with E-state index in [2.05, 4.69) is 25.7 Å². The van der Waals surface area contributed by atoms with Crippen LogP contribution in [0.15, 0.2) is 12.1 Å². The fraction of sp³-hybridized carbons (Fsp3) is 0.533. The quantitative estimate of drug-likeness (QED) is 0.858. The summed E-state index contributed by atoms with van der Waals surface area (Å²) in [6, 6.07) is 4.12. The van der Waals surface area contributed by atoms with Crippen LogP contribution in [0.4, 0.5) is 0 Å². The molecule has 102 valence electrons. The normalized spacial score (nSPS) is 14.1. The smallest absolute Gasteiger partial charge is 0.264 e. The van der Waals surface area contributed by atoms with E-state index in [4.69, 9.17) is 5.11 Å². The number of hydrogen-bond donors (Lipinski definition) is 1. The van der Waals surface area contributed by atoms with Gasteiger partial charge in [0, 0.05) is 12.6 Å². The van der Waals surface area contributed by atoms with Crippen LogP contribution in [-0.2, 0) is 0 Å². The third kappa shape index (κ3) is 3.82. The van der Waals surface area contributed by atoms with E-state index in [0.29, 0.717) is 12.0 Å². The molecule has 1 amide bonds. The third-order valence-electron chi connectivity index (χ3n) is 2.92. The predicted octanol–water partition coefficient (Wildman–Crippen LogP) is 2.35. The molecule has 0 saturated heterocycles. The maximum atomic E-state index is 12.5. The van der Waals surface area contributed by atoms with E-state index in [0.717, 1.165) is 29.1 Å². The summed E-state index contributed by atoms with van der Waals surface area (Å²) in [6.07, 6.45) is 2.25. The average Bonchev–Trinajstić information content (AvgIpc) is 3.11. The molecule has 1 aliphatic rings. The lowest BCUT2D eigenvalue weighted by molar-refractivity contribution is 0.0727. The number of aliphatic hydroxyl groups excluding tert-OH is 1. The van der Waals surface area contributed by atoms with Gasteiger partial charge in [0.05, 0.1) is 9.75 Å². The molecule has 0 atom stereocenters. The van der Waals surface area contributed by atoms with Crippen molar-refractivity contribution in [2.45, 2.75) is 32.7 Å². The van der Waals surface area contributed by atoms with Gasteiger partial charge < -0.3 is 10.0 Å². The Hall–Kier alpha value is -1.31. The van der Waals surface area contributed by atoms with E-state index in [1.165, 1.54) is 11.3 Å². The van der Waals surface area contributed by atoms with Gasteiger partial charge in [-0.15, -0.1) is 11.3 Å². The molecule has 1 aliphatic carbocycles. The number of carbonyl (C=O) groups excluding carboxylic acids is 1. The number of amides is 1. The summed E-state index contributed by atoms with van der Waals surface area (Å²) in [5.41, 5.74) is 0. The Labute approximate surface area is 118 Å². The first-order valence-corrected chi connectivity index (χ1v) is 7.44. The molecule has 0 radical (unpaired) electrons. The molecule has 0 aliphatic heterocycles. The Bertz CT molecular complexity index is 506. The second-order valence-corrected chi connectivity index (χ2v) is 6.29. The lowest BCUT2D eigenvalue weighted by Crippen LogP contribution is -2.35. The van der Waals surface area contributed by atoms with Crippen molar-refractivity contribution in [1.82, 2.24) is 4.90 Å². The molecule has 1 N–H and O–H groups in total. The lowest BCUT2D eigenvalue weighted by atomic mass is 10.2. The lowest BCUT2D eigenvalue weighted by Gasteiger charge is -2.23. The van der Waals surface area contributed by atoms with Gasteiger partial charge in [0.2, 0.25) is 0 Å². The van der Waals surface area contributed by atoms with Gasteiger partial charge in [-0.05, 0) is 30.9 Å². The Balaban J connectivity index is 2.10. The molecular weight excluding hydrogens is 258 g/mol. The van der Waals surface area contributed by atoms with Crippen LogP contribution in [0.1, 0.15) is 41.2 Å². The number of nitrogens with zero attached hydrogens (tertiary/aromatic N) is 1. The molecule has 1 aromatic rings. The highest BCUT2D eigenvalue weighted by molar-refractivity contribution is 7.14. The van der Waals surface area contributed by atoms with Crippen LogP contribution in [0, 0.1) is 17.8 Å². The summed E-state index contributed by atoms with van der Waals surface area (Å²) in [7, 11) is 0. The minimum absolute atomic E-state index is 0.123. The highest BCUT2D eigenvalue weighted by Crippen LogP contribution is 2.30. The molecule has 0 unspecified atom stereocenters. The van der Waals surface area contributed by atoms with Crippen molar-refractivity contribution < 1.29 is 9.90 Å². The molecule has 19 heavy (non-hydrogen) atoms. The fourth-order valence-corrected chi connectivity index (χ4v) is 2.80. The third-order valence-corrected chi connectivity index (χ3v) is 3.91. The van der Waals surface area contributed by atoms with Crippen LogP contribution >= 0.6 is 11.3 Å².